The van der Waals surface area contributed by atoms with E-state index in [1.807, 2.05) is 128 Å². The summed E-state index contributed by atoms with van der Waals surface area (Å²) in [5.41, 5.74) is 7.78. The van der Waals surface area contributed by atoms with Crippen molar-refractivity contribution in [1.82, 2.24) is 29.6 Å². The van der Waals surface area contributed by atoms with Crippen LogP contribution in [0.2, 0.25) is 0 Å². The van der Waals surface area contributed by atoms with Crippen LogP contribution in [-0.4, -0.2) is 154 Å². The van der Waals surface area contributed by atoms with Gasteiger partial charge in [0, 0.05) is 76.6 Å². The van der Waals surface area contributed by atoms with Crippen molar-refractivity contribution in [3.05, 3.63) is 130 Å². The molecule has 0 N–H and O–H groups in total. The molecule has 4 amide bonds. The topological polar surface area (TPSA) is 212 Å². The Balaban J connectivity index is 1.24. The summed E-state index contributed by atoms with van der Waals surface area (Å²) in [5.74, 6) is -6.40. The standard InChI is InChI=1S/C70H94N6O12/c1-41(2)33-55-67(81)85-45(9)63(77)73(11)58(36-44(7)8)70(84)88-60(40-50-25-21-48(22-26-50)38-54-18-16-32-72-62(54)52-29-30-52)66(80)76(14)56(34-42(3)4)68(82)86-46(10)64(78)74(12)57(35-43(5)6)69(83)87-59(65(79)75(55)13)39-49-23-19-47(20-24-49)37-53-17-15-31-71-61(53)51-27-28-51/h15-26,31-32,41-46,51-52,55-60H,27-30,33-40H2,1-14H3/t45-,46-,55+,56+,57+,58+,59-,60-/m1/s1. The van der Waals surface area contributed by atoms with Crippen LogP contribution in [0.1, 0.15) is 177 Å². The number of benzene rings is 2. The van der Waals surface area contributed by atoms with Crippen LogP contribution in [0, 0.1) is 23.7 Å². The lowest BCUT2D eigenvalue weighted by molar-refractivity contribution is -0.176. The number of hydrogen-bond donors (Lipinski definition) is 0. The minimum Gasteiger partial charge on any atom is -0.451 e. The molecule has 0 unspecified atom stereocenters. The maximum Gasteiger partial charge on any atom is 0.329 e. The third kappa shape index (κ3) is 18.3. The fraction of sp³-hybridized carbons (Fsp3) is 0.571. The number of carbonyl (C=O) groups excluding carboxylic acids is 8. The summed E-state index contributed by atoms with van der Waals surface area (Å²) >= 11 is 0. The highest BCUT2D eigenvalue weighted by atomic mass is 16.6. The van der Waals surface area contributed by atoms with Crippen molar-refractivity contribution in [2.45, 2.75) is 207 Å². The fourth-order valence-corrected chi connectivity index (χ4v) is 11.6. The second-order valence-corrected chi connectivity index (χ2v) is 26.4. The maximum absolute atomic E-state index is 15.2. The van der Waals surface area contributed by atoms with E-state index in [9.17, 15) is 28.8 Å². The zero-order valence-electron chi connectivity index (χ0n) is 54.2. The van der Waals surface area contributed by atoms with Crippen molar-refractivity contribution in [1.29, 1.82) is 0 Å². The monoisotopic (exact) mass is 1210 g/mol. The van der Waals surface area contributed by atoms with Crippen LogP contribution in [0.5, 0.6) is 0 Å². The number of rotatable bonds is 18. The van der Waals surface area contributed by atoms with Crippen molar-refractivity contribution >= 4 is 47.5 Å². The van der Waals surface area contributed by atoms with Gasteiger partial charge in [0.25, 0.3) is 23.6 Å². The van der Waals surface area contributed by atoms with E-state index in [0.29, 0.717) is 35.8 Å². The third-order valence-corrected chi connectivity index (χ3v) is 16.9. The number of carbonyl (C=O) groups is 8. The number of esters is 4. The minimum atomic E-state index is -1.52. The number of likely N-dealkylation sites (N-methyl/N-ethyl adjacent to an activating group) is 4. The maximum atomic E-state index is 15.2. The molecule has 1 aliphatic heterocycles. The Morgan fingerprint density at radius 2 is 0.670 bits per heavy atom. The Kier molecular flexibility index (Phi) is 23.7. The van der Waals surface area contributed by atoms with Gasteiger partial charge in [0.2, 0.25) is 0 Å². The molecule has 3 heterocycles. The van der Waals surface area contributed by atoms with Gasteiger partial charge in [0.15, 0.2) is 24.4 Å². The predicted molar refractivity (Wildman–Crippen MR) is 333 cm³/mol. The summed E-state index contributed by atoms with van der Waals surface area (Å²) < 4.78 is 24.5. The molecule has 2 aliphatic carbocycles. The summed E-state index contributed by atoms with van der Waals surface area (Å²) in [7, 11) is 5.65. The molecule has 18 heteroatoms. The molecular weight excluding hydrogens is 1120 g/mol. The summed E-state index contributed by atoms with van der Waals surface area (Å²) in [6.07, 6.45) is 3.46. The summed E-state index contributed by atoms with van der Waals surface area (Å²) in [6, 6.07) is 18.2. The Labute approximate surface area is 520 Å². The van der Waals surface area contributed by atoms with Crippen molar-refractivity contribution in [2.24, 2.45) is 23.7 Å². The van der Waals surface area contributed by atoms with E-state index in [2.05, 4.69) is 22.1 Å². The highest BCUT2D eigenvalue weighted by molar-refractivity contribution is 5.94. The Hall–Kier alpha value is -7.50. The number of ether oxygens (including phenoxy) is 4. The Morgan fingerprint density at radius 1 is 0.398 bits per heavy atom. The molecule has 2 saturated carbocycles. The Morgan fingerprint density at radius 3 is 0.955 bits per heavy atom. The van der Waals surface area contributed by atoms with Crippen LogP contribution in [0.4, 0.5) is 0 Å². The van der Waals surface area contributed by atoms with E-state index in [4.69, 9.17) is 18.9 Å². The summed E-state index contributed by atoms with van der Waals surface area (Å²) in [6.45, 7) is 17.7. The average Bonchev–Trinajstić information content (AvgIpc) is 3.00. The van der Waals surface area contributed by atoms with Gasteiger partial charge in [-0.1, -0.05) is 116 Å². The van der Waals surface area contributed by atoms with Gasteiger partial charge in [-0.3, -0.25) is 29.1 Å². The first-order valence-corrected chi connectivity index (χ1v) is 31.6. The molecule has 476 valence electrons. The van der Waals surface area contributed by atoms with Crippen LogP contribution >= 0.6 is 0 Å². The quantitative estimate of drug-likeness (QED) is 0.0671. The molecule has 3 aliphatic rings. The van der Waals surface area contributed by atoms with Crippen molar-refractivity contribution in [3.63, 3.8) is 0 Å². The molecular formula is C70H94N6O12. The smallest absolute Gasteiger partial charge is 0.329 e. The van der Waals surface area contributed by atoms with Crippen LogP contribution in [0.3, 0.4) is 0 Å². The normalized spacial score (nSPS) is 23.8. The minimum absolute atomic E-state index is 0.0902. The lowest BCUT2D eigenvalue weighted by atomic mass is 9.98. The van der Waals surface area contributed by atoms with Gasteiger partial charge in [-0.2, -0.15) is 0 Å². The molecule has 88 heavy (non-hydrogen) atoms. The molecule has 0 radical (unpaired) electrons. The van der Waals surface area contributed by atoms with Crippen molar-refractivity contribution in [2.75, 3.05) is 28.2 Å². The highest BCUT2D eigenvalue weighted by Crippen LogP contribution is 2.42. The van der Waals surface area contributed by atoms with Crippen molar-refractivity contribution < 1.29 is 57.3 Å². The van der Waals surface area contributed by atoms with E-state index >= 15 is 9.59 Å². The molecule has 8 atom stereocenters. The van der Waals surface area contributed by atoms with Gasteiger partial charge in [-0.25, -0.2) is 19.2 Å². The van der Waals surface area contributed by atoms with Crippen molar-refractivity contribution in [3.8, 4) is 0 Å². The summed E-state index contributed by atoms with van der Waals surface area (Å²) in [4.78, 5) is 132. The molecule has 3 fully saturated rings. The van der Waals surface area contributed by atoms with Gasteiger partial charge >= 0.3 is 23.9 Å². The number of pyridine rings is 2. The highest BCUT2D eigenvalue weighted by Gasteiger charge is 2.43. The van der Waals surface area contributed by atoms with Crippen LogP contribution in [-0.2, 0) is 83.0 Å². The number of aromatic nitrogens is 2. The van der Waals surface area contributed by atoms with E-state index in [-0.39, 0.29) is 62.2 Å². The lowest BCUT2D eigenvalue weighted by Gasteiger charge is -2.35. The van der Waals surface area contributed by atoms with Gasteiger partial charge in [-0.05, 0) is 147 Å². The molecule has 2 aromatic carbocycles. The molecule has 1 saturated heterocycles. The average molecular weight is 1210 g/mol. The first-order chi connectivity index (χ1) is 41.7. The number of hydrogen-bond acceptors (Lipinski definition) is 14. The fourth-order valence-electron chi connectivity index (χ4n) is 11.6. The number of amides is 4. The number of cyclic esters (lactones) is 4. The molecule has 7 rings (SSSR count). The van der Waals surface area contributed by atoms with Crippen LogP contribution < -0.4 is 0 Å². The molecule has 18 nitrogen and oxygen atoms in total. The molecule has 0 spiro atoms. The van der Waals surface area contributed by atoms with E-state index in [0.717, 1.165) is 69.1 Å². The van der Waals surface area contributed by atoms with Gasteiger partial charge in [0.1, 0.15) is 24.2 Å². The zero-order chi connectivity index (χ0) is 64.3. The third-order valence-electron chi connectivity index (χ3n) is 16.9. The van der Waals surface area contributed by atoms with Gasteiger partial charge < -0.3 is 38.5 Å². The molecule has 0 bridgehead atoms. The molecule has 4 aromatic rings. The van der Waals surface area contributed by atoms with E-state index in [1.54, 1.807) is 0 Å². The largest absolute Gasteiger partial charge is 0.451 e. The van der Waals surface area contributed by atoms with E-state index in [1.165, 1.54) is 51.8 Å². The second-order valence-electron chi connectivity index (χ2n) is 26.4. The predicted octanol–water partition coefficient (Wildman–Crippen LogP) is 9.39. The summed E-state index contributed by atoms with van der Waals surface area (Å²) in [5, 5.41) is 0. The zero-order valence-corrected chi connectivity index (χ0v) is 54.2. The first-order valence-electron chi connectivity index (χ1n) is 31.6. The van der Waals surface area contributed by atoms with E-state index < -0.39 is 96.1 Å². The van der Waals surface area contributed by atoms with Crippen LogP contribution in [0.25, 0.3) is 0 Å². The first kappa shape index (κ1) is 68.0. The lowest BCUT2D eigenvalue weighted by Crippen LogP contribution is -2.55. The Bertz CT molecular complexity index is 2860. The molecule has 2 aromatic heterocycles. The number of nitrogens with zero attached hydrogens (tertiary/aromatic N) is 6. The van der Waals surface area contributed by atoms with Gasteiger partial charge in [0.05, 0.1) is 0 Å². The second kappa shape index (κ2) is 30.6. The van der Waals surface area contributed by atoms with Crippen LogP contribution in [0.15, 0.2) is 85.2 Å². The van der Waals surface area contributed by atoms with Gasteiger partial charge in [-0.15, -0.1) is 0 Å². The SMILES string of the molecule is CC(C)C[C@H]1C(=O)O[C@H](Cc2ccc(Cc3cccnc3C3CC3)cc2)C(=O)N(C)[C@@H](CC(C)C)C(=O)O[C@H](C)C(=O)N(C)[C@@H](CC(C)C)C(=O)O[C@H](Cc2ccc(Cc3cccnc3C3CC3)cc2)C(=O)N(C)[C@@H](CC(C)C)C(=O)O[C@H](C)C(=O)N1C.